The fourth-order valence-electron chi connectivity index (χ4n) is 1.49. The second-order valence-electron chi connectivity index (χ2n) is 4.24. The number of fused-ring (bicyclic) bond motifs is 1. The lowest BCUT2D eigenvalue weighted by atomic mass is 10.2. The molecular weight excluding hydrogens is 223 g/mol. The van der Waals surface area contributed by atoms with E-state index in [-0.39, 0.29) is 5.82 Å². The Bertz CT molecular complexity index is 479. The standard InChI is InChI=1S/C12H15FN2S/c1-8(2)6-14-7-12-15-10-4-3-9(13)5-11(10)16-12/h3-5,8,14H,6-7H2,1-2H3. The minimum atomic E-state index is -0.196. The molecule has 2 rings (SSSR count). The van der Waals surface area contributed by atoms with Gasteiger partial charge in [-0.25, -0.2) is 9.37 Å². The number of hydrogen-bond donors (Lipinski definition) is 1. The molecule has 0 aliphatic carbocycles. The topological polar surface area (TPSA) is 24.9 Å². The van der Waals surface area contributed by atoms with Crippen molar-refractivity contribution >= 4 is 21.6 Å². The van der Waals surface area contributed by atoms with E-state index in [0.717, 1.165) is 28.3 Å². The minimum Gasteiger partial charge on any atom is -0.310 e. The van der Waals surface area contributed by atoms with Gasteiger partial charge in [0.15, 0.2) is 0 Å². The Balaban J connectivity index is 2.08. The van der Waals surface area contributed by atoms with Gasteiger partial charge in [0.2, 0.25) is 0 Å². The van der Waals surface area contributed by atoms with Crippen LogP contribution in [0.3, 0.4) is 0 Å². The maximum atomic E-state index is 13.0. The van der Waals surface area contributed by atoms with Crippen LogP contribution in [-0.2, 0) is 6.54 Å². The van der Waals surface area contributed by atoms with Crippen LogP contribution < -0.4 is 5.32 Å². The van der Waals surface area contributed by atoms with Crippen LogP contribution in [0.25, 0.3) is 10.2 Å². The van der Waals surface area contributed by atoms with Gasteiger partial charge in [-0.05, 0) is 30.7 Å². The molecule has 4 heteroatoms. The van der Waals surface area contributed by atoms with E-state index >= 15 is 0 Å². The molecule has 86 valence electrons. The zero-order chi connectivity index (χ0) is 11.5. The first-order chi connectivity index (χ1) is 7.65. The van der Waals surface area contributed by atoms with E-state index in [1.807, 2.05) is 0 Å². The summed E-state index contributed by atoms with van der Waals surface area (Å²) >= 11 is 1.55. The number of halogens is 1. The van der Waals surface area contributed by atoms with Crippen molar-refractivity contribution in [3.63, 3.8) is 0 Å². The molecule has 1 heterocycles. The van der Waals surface area contributed by atoms with E-state index < -0.39 is 0 Å². The van der Waals surface area contributed by atoms with Gasteiger partial charge in [-0.1, -0.05) is 13.8 Å². The highest BCUT2D eigenvalue weighted by molar-refractivity contribution is 7.18. The Hall–Kier alpha value is -1.000. The van der Waals surface area contributed by atoms with E-state index in [9.17, 15) is 4.39 Å². The summed E-state index contributed by atoms with van der Waals surface area (Å²) in [6.45, 7) is 6.07. The lowest BCUT2D eigenvalue weighted by Gasteiger charge is -2.04. The van der Waals surface area contributed by atoms with E-state index in [0.29, 0.717) is 5.92 Å². The first kappa shape index (κ1) is 11.5. The van der Waals surface area contributed by atoms with Gasteiger partial charge in [0, 0.05) is 6.54 Å². The van der Waals surface area contributed by atoms with Crippen LogP contribution in [0.5, 0.6) is 0 Å². The molecule has 0 saturated carbocycles. The molecule has 0 aliphatic heterocycles. The van der Waals surface area contributed by atoms with Gasteiger partial charge in [-0.15, -0.1) is 11.3 Å². The third kappa shape index (κ3) is 2.77. The molecule has 0 spiro atoms. The van der Waals surface area contributed by atoms with Crippen molar-refractivity contribution in [2.75, 3.05) is 6.54 Å². The number of aromatic nitrogens is 1. The van der Waals surface area contributed by atoms with Gasteiger partial charge in [-0.3, -0.25) is 0 Å². The third-order valence-electron chi connectivity index (χ3n) is 2.22. The summed E-state index contributed by atoms with van der Waals surface area (Å²) in [6.07, 6.45) is 0. The van der Waals surface area contributed by atoms with E-state index in [1.165, 1.54) is 6.07 Å². The first-order valence-electron chi connectivity index (χ1n) is 5.41. The Morgan fingerprint density at radius 3 is 3.00 bits per heavy atom. The zero-order valence-corrected chi connectivity index (χ0v) is 10.3. The Kier molecular flexibility index (Phi) is 3.51. The van der Waals surface area contributed by atoms with E-state index in [4.69, 9.17) is 0 Å². The van der Waals surface area contributed by atoms with Crippen molar-refractivity contribution in [2.24, 2.45) is 5.92 Å². The molecule has 0 atom stereocenters. The van der Waals surface area contributed by atoms with Gasteiger partial charge in [0.05, 0.1) is 10.2 Å². The summed E-state index contributed by atoms with van der Waals surface area (Å²) in [5, 5.41) is 4.35. The molecule has 0 bridgehead atoms. The fourth-order valence-corrected chi connectivity index (χ4v) is 2.45. The first-order valence-corrected chi connectivity index (χ1v) is 6.22. The normalized spacial score (nSPS) is 11.5. The number of rotatable bonds is 4. The van der Waals surface area contributed by atoms with Crippen LogP contribution in [-0.4, -0.2) is 11.5 Å². The van der Waals surface area contributed by atoms with Crippen molar-refractivity contribution in [1.82, 2.24) is 10.3 Å². The molecule has 0 fully saturated rings. The number of thiazole rings is 1. The molecule has 0 aliphatic rings. The highest BCUT2D eigenvalue weighted by atomic mass is 32.1. The number of nitrogens with one attached hydrogen (secondary N) is 1. The minimum absolute atomic E-state index is 0.196. The lowest BCUT2D eigenvalue weighted by Crippen LogP contribution is -2.18. The van der Waals surface area contributed by atoms with E-state index in [2.05, 4.69) is 24.1 Å². The molecule has 0 saturated heterocycles. The van der Waals surface area contributed by atoms with Crippen LogP contribution in [0.4, 0.5) is 4.39 Å². The van der Waals surface area contributed by atoms with Crippen molar-refractivity contribution in [3.05, 3.63) is 29.0 Å². The third-order valence-corrected chi connectivity index (χ3v) is 3.24. The summed E-state index contributed by atoms with van der Waals surface area (Å²) in [6, 6.07) is 4.72. The zero-order valence-electron chi connectivity index (χ0n) is 9.46. The summed E-state index contributed by atoms with van der Waals surface area (Å²) in [5.74, 6) is 0.435. The van der Waals surface area contributed by atoms with Crippen molar-refractivity contribution in [3.8, 4) is 0 Å². The Morgan fingerprint density at radius 2 is 2.25 bits per heavy atom. The molecule has 1 aromatic heterocycles. The Morgan fingerprint density at radius 1 is 1.44 bits per heavy atom. The Labute approximate surface area is 98.5 Å². The van der Waals surface area contributed by atoms with E-state index in [1.54, 1.807) is 23.5 Å². The number of nitrogens with zero attached hydrogens (tertiary/aromatic N) is 1. The predicted molar refractivity (Wildman–Crippen MR) is 66.1 cm³/mol. The molecule has 1 aromatic carbocycles. The van der Waals surface area contributed by atoms with Crippen LogP contribution in [0.15, 0.2) is 18.2 Å². The molecule has 2 aromatic rings. The molecule has 0 amide bonds. The smallest absolute Gasteiger partial charge is 0.124 e. The maximum absolute atomic E-state index is 13.0. The number of hydrogen-bond acceptors (Lipinski definition) is 3. The van der Waals surface area contributed by atoms with Crippen molar-refractivity contribution < 1.29 is 4.39 Å². The van der Waals surface area contributed by atoms with Crippen molar-refractivity contribution in [1.29, 1.82) is 0 Å². The fraction of sp³-hybridized carbons (Fsp3) is 0.417. The van der Waals surface area contributed by atoms with Crippen LogP contribution >= 0.6 is 11.3 Å². The molecule has 16 heavy (non-hydrogen) atoms. The summed E-state index contributed by atoms with van der Waals surface area (Å²) in [4.78, 5) is 4.44. The summed E-state index contributed by atoms with van der Waals surface area (Å²) in [5.41, 5.74) is 0.882. The molecular formula is C12H15FN2S. The molecule has 2 nitrogen and oxygen atoms in total. The van der Waals surface area contributed by atoms with Gasteiger partial charge in [0.1, 0.15) is 10.8 Å². The number of benzene rings is 1. The summed E-state index contributed by atoms with van der Waals surface area (Å²) in [7, 11) is 0. The maximum Gasteiger partial charge on any atom is 0.124 e. The van der Waals surface area contributed by atoms with Crippen molar-refractivity contribution in [2.45, 2.75) is 20.4 Å². The second kappa shape index (κ2) is 4.89. The average molecular weight is 238 g/mol. The van der Waals surface area contributed by atoms with Gasteiger partial charge >= 0.3 is 0 Å². The summed E-state index contributed by atoms with van der Waals surface area (Å²) < 4.78 is 13.9. The molecule has 0 unspecified atom stereocenters. The lowest BCUT2D eigenvalue weighted by molar-refractivity contribution is 0.552. The van der Waals surface area contributed by atoms with Gasteiger partial charge in [-0.2, -0.15) is 0 Å². The van der Waals surface area contributed by atoms with Crippen LogP contribution in [0.2, 0.25) is 0 Å². The second-order valence-corrected chi connectivity index (χ2v) is 5.36. The van der Waals surface area contributed by atoms with Gasteiger partial charge in [0.25, 0.3) is 0 Å². The predicted octanol–water partition coefficient (Wildman–Crippen LogP) is 3.18. The van der Waals surface area contributed by atoms with Gasteiger partial charge < -0.3 is 5.32 Å². The largest absolute Gasteiger partial charge is 0.310 e. The van der Waals surface area contributed by atoms with Crippen LogP contribution in [0.1, 0.15) is 18.9 Å². The highest BCUT2D eigenvalue weighted by Gasteiger charge is 2.04. The molecule has 1 N–H and O–H groups in total. The quantitative estimate of drug-likeness (QED) is 0.885. The molecule has 0 radical (unpaired) electrons. The SMILES string of the molecule is CC(C)CNCc1nc2ccc(F)cc2s1. The average Bonchev–Trinajstić information content (AvgIpc) is 2.58. The monoisotopic (exact) mass is 238 g/mol. The van der Waals surface area contributed by atoms with Crippen LogP contribution in [0, 0.1) is 11.7 Å². The highest BCUT2D eigenvalue weighted by Crippen LogP contribution is 2.22.